The van der Waals surface area contributed by atoms with Crippen molar-refractivity contribution in [1.82, 2.24) is 10.6 Å². The summed E-state index contributed by atoms with van der Waals surface area (Å²) in [4.78, 5) is 24.5. The van der Waals surface area contributed by atoms with Gasteiger partial charge < -0.3 is 10.6 Å². The minimum atomic E-state index is 0.147. The van der Waals surface area contributed by atoms with E-state index in [2.05, 4.69) is 48.8 Å². The number of nitrogens with one attached hydrogen (secondary N) is 2. The highest BCUT2D eigenvalue weighted by Gasteiger charge is 2.39. The van der Waals surface area contributed by atoms with E-state index >= 15 is 0 Å². The third-order valence-electron chi connectivity index (χ3n) is 8.81. The summed E-state index contributed by atoms with van der Waals surface area (Å²) in [6.07, 6.45) is 44.6. The van der Waals surface area contributed by atoms with Gasteiger partial charge in [-0.15, -0.1) is 0 Å². The van der Waals surface area contributed by atoms with Gasteiger partial charge >= 0.3 is 0 Å². The van der Waals surface area contributed by atoms with Crippen LogP contribution in [0.3, 0.4) is 0 Å². The molecule has 1 aliphatic carbocycles. The number of hydrogen-bond acceptors (Lipinski definition) is 2. The van der Waals surface area contributed by atoms with Crippen LogP contribution in [-0.2, 0) is 9.59 Å². The number of unbranched alkanes of at least 4 members (excludes halogenated alkanes) is 22. The molecule has 2 amide bonds. The van der Waals surface area contributed by atoms with E-state index in [-0.39, 0.29) is 23.9 Å². The molecule has 2 atom stereocenters. The van der Waals surface area contributed by atoms with Crippen LogP contribution in [0.2, 0.25) is 0 Å². The van der Waals surface area contributed by atoms with E-state index in [1.807, 2.05) is 0 Å². The maximum atomic E-state index is 12.3. The van der Waals surface area contributed by atoms with Crippen LogP contribution in [0.4, 0.5) is 0 Å². The largest absolute Gasteiger partial charge is 0.351 e. The molecule has 1 rings (SSSR count). The Morgan fingerprint density at radius 1 is 0.442 bits per heavy atom. The fourth-order valence-corrected chi connectivity index (χ4v) is 5.78. The maximum Gasteiger partial charge on any atom is 0.220 e. The molecule has 0 unspecified atom stereocenters. The van der Waals surface area contributed by atoms with Gasteiger partial charge in [-0.05, 0) is 70.6 Å². The molecule has 0 radical (unpaired) electrons. The number of amides is 2. The molecule has 0 aromatic heterocycles. The molecular weight excluding hydrogens is 528 g/mol. The van der Waals surface area contributed by atoms with Crippen molar-refractivity contribution in [2.45, 2.75) is 212 Å². The molecule has 0 saturated heterocycles. The number of carbonyl (C=O) groups excluding carboxylic acids is 2. The number of rotatable bonds is 32. The van der Waals surface area contributed by atoms with Crippen LogP contribution in [0.5, 0.6) is 0 Å². The van der Waals surface area contributed by atoms with Crippen molar-refractivity contribution in [3.8, 4) is 0 Å². The number of hydrogen-bond donors (Lipinski definition) is 2. The van der Waals surface area contributed by atoms with Gasteiger partial charge in [0, 0.05) is 12.8 Å². The van der Waals surface area contributed by atoms with Crippen molar-refractivity contribution < 1.29 is 9.59 Å². The minimum absolute atomic E-state index is 0.147. The van der Waals surface area contributed by atoms with Crippen LogP contribution in [0.25, 0.3) is 0 Å². The van der Waals surface area contributed by atoms with Gasteiger partial charge in [-0.1, -0.05) is 141 Å². The van der Waals surface area contributed by atoms with Crippen molar-refractivity contribution >= 4 is 11.8 Å². The van der Waals surface area contributed by atoms with Crippen LogP contribution >= 0.6 is 0 Å². The topological polar surface area (TPSA) is 58.2 Å². The van der Waals surface area contributed by atoms with E-state index in [1.165, 1.54) is 141 Å². The first-order valence-electron chi connectivity index (χ1n) is 19.1. The van der Waals surface area contributed by atoms with Crippen molar-refractivity contribution in [3.63, 3.8) is 0 Å². The number of carbonyl (C=O) groups is 2. The van der Waals surface area contributed by atoms with Gasteiger partial charge in [0.25, 0.3) is 0 Å². The highest BCUT2D eigenvalue weighted by atomic mass is 16.2. The summed E-state index contributed by atoms with van der Waals surface area (Å²) in [6, 6.07) is 0.294. The molecule has 0 heterocycles. The van der Waals surface area contributed by atoms with Gasteiger partial charge in [-0.3, -0.25) is 9.59 Å². The van der Waals surface area contributed by atoms with Crippen LogP contribution < -0.4 is 10.6 Å². The number of allylic oxidation sites excluding steroid dienone is 4. The van der Waals surface area contributed by atoms with Crippen molar-refractivity contribution in [2.75, 3.05) is 0 Å². The smallest absolute Gasteiger partial charge is 0.220 e. The molecule has 1 aliphatic rings. The molecule has 0 aromatic carbocycles. The van der Waals surface area contributed by atoms with E-state index in [0.717, 1.165) is 32.1 Å². The standard InChI is InChI=1S/C39H72N2O2/c1-3-5-7-9-11-13-15-17-19-21-23-25-27-29-31-33-38(42)40-36-35-37(36)41-39(43)34-32-30-28-26-24-22-20-18-16-14-12-10-8-6-4-2/h17-20,36-37H,3-16,21-35H2,1-2H3,(H,40,42)(H,41,43)/t36-,37+. The minimum Gasteiger partial charge on any atom is -0.351 e. The van der Waals surface area contributed by atoms with Crippen LogP contribution in [-0.4, -0.2) is 23.9 Å². The quantitative estimate of drug-likeness (QED) is 0.0596. The van der Waals surface area contributed by atoms with Crippen LogP contribution in [0.15, 0.2) is 24.3 Å². The molecule has 4 nitrogen and oxygen atoms in total. The summed E-state index contributed by atoms with van der Waals surface area (Å²) in [5, 5.41) is 6.23. The second-order valence-corrected chi connectivity index (χ2v) is 13.3. The Labute approximate surface area is 268 Å². The van der Waals surface area contributed by atoms with Crippen LogP contribution in [0, 0.1) is 0 Å². The fourth-order valence-electron chi connectivity index (χ4n) is 5.78. The Balaban J connectivity index is 1.83. The molecule has 2 N–H and O–H groups in total. The van der Waals surface area contributed by atoms with Crippen LogP contribution in [0.1, 0.15) is 200 Å². The first-order valence-corrected chi connectivity index (χ1v) is 19.1. The second kappa shape index (κ2) is 30.4. The van der Waals surface area contributed by atoms with E-state index in [0.29, 0.717) is 12.8 Å². The zero-order valence-corrected chi connectivity index (χ0v) is 28.8. The lowest BCUT2D eigenvalue weighted by Gasteiger charge is -2.07. The summed E-state index contributed by atoms with van der Waals surface area (Å²) in [6.45, 7) is 4.54. The zero-order chi connectivity index (χ0) is 31.1. The Bertz CT molecular complexity index is 643. The van der Waals surface area contributed by atoms with Gasteiger partial charge in [0.2, 0.25) is 11.8 Å². The highest BCUT2D eigenvalue weighted by molar-refractivity contribution is 5.78. The summed E-state index contributed by atoms with van der Waals surface area (Å²) >= 11 is 0. The Kier molecular flexibility index (Phi) is 27.9. The maximum absolute atomic E-state index is 12.3. The molecular formula is C39H72N2O2. The average molecular weight is 601 g/mol. The normalized spacial score (nSPS) is 16.3. The predicted octanol–water partition coefficient (Wildman–Crippen LogP) is 11.4. The van der Waals surface area contributed by atoms with E-state index in [1.54, 1.807) is 0 Å². The monoisotopic (exact) mass is 601 g/mol. The van der Waals surface area contributed by atoms with Gasteiger partial charge in [0.05, 0.1) is 12.1 Å². The lowest BCUT2D eigenvalue weighted by atomic mass is 10.1. The average Bonchev–Trinajstić information content (AvgIpc) is 3.73. The molecule has 0 aliphatic heterocycles. The van der Waals surface area contributed by atoms with E-state index < -0.39 is 0 Å². The highest BCUT2D eigenvalue weighted by Crippen LogP contribution is 2.22. The Morgan fingerprint density at radius 3 is 1.05 bits per heavy atom. The third kappa shape index (κ3) is 27.7. The summed E-state index contributed by atoms with van der Waals surface area (Å²) in [5.74, 6) is 0.299. The zero-order valence-electron chi connectivity index (χ0n) is 28.8. The molecule has 1 saturated carbocycles. The lowest BCUT2D eigenvalue weighted by molar-refractivity contribution is -0.123. The second-order valence-electron chi connectivity index (χ2n) is 13.3. The molecule has 0 bridgehead atoms. The van der Waals surface area contributed by atoms with Crippen molar-refractivity contribution in [2.24, 2.45) is 0 Å². The molecule has 0 aromatic rings. The lowest BCUT2D eigenvalue weighted by Crippen LogP contribution is -2.34. The van der Waals surface area contributed by atoms with Crippen molar-refractivity contribution in [3.05, 3.63) is 24.3 Å². The molecule has 43 heavy (non-hydrogen) atoms. The molecule has 4 heteroatoms. The summed E-state index contributed by atoms with van der Waals surface area (Å²) in [7, 11) is 0. The molecule has 1 fully saturated rings. The summed E-state index contributed by atoms with van der Waals surface area (Å²) < 4.78 is 0. The Morgan fingerprint density at radius 2 is 0.721 bits per heavy atom. The SMILES string of the molecule is CCCCCCCCC=CCCCCCCCC(=O)N[C@H]1C[C@H]1NC(=O)CCCCCCCC=CCCCCCCCC. The first kappa shape index (κ1) is 39.4. The molecule has 250 valence electrons. The predicted molar refractivity (Wildman–Crippen MR) is 187 cm³/mol. The van der Waals surface area contributed by atoms with Crippen molar-refractivity contribution in [1.29, 1.82) is 0 Å². The van der Waals surface area contributed by atoms with Gasteiger partial charge in [0.15, 0.2) is 0 Å². The Hall–Kier alpha value is -1.58. The fraction of sp³-hybridized carbons (Fsp3) is 0.846. The molecule has 0 spiro atoms. The van der Waals surface area contributed by atoms with Gasteiger partial charge in [0.1, 0.15) is 0 Å². The van der Waals surface area contributed by atoms with Gasteiger partial charge in [-0.25, -0.2) is 0 Å². The van der Waals surface area contributed by atoms with E-state index in [9.17, 15) is 9.59 Å². The van der Waals surface area contributed by atoms with E-state index in [4.69, 9.17) is 0 Å². The third-order valence-corrected chi connectivity index (χ3v) is 8.81. The summed E-state index contributed by atoms with van der Waals surface area (Å²) in [5.41, 5.74) is 0. The first-order chi connectivity index (χ1) is 21.2. The van der Waals surface area contributed by atoms with Gasteiger partial charge in [-0.2, -0.15) is 0 Å².